The van der Waals surface area contributed by atoms with Crippen LogP contribution < -0.4 is 5.32 Å². The lowest BCUT2D eigenvalue weighted by atomic mass is 10.0. The molecule has 0 unspecified atom stereocenters. The second-order valence-corrected chi connectivity index (χ2v) is 7.00. The van der Waals surface area contributed by atoms with Crippen molar-refractivity contribution < 1.29 is 4.79 Å². The number of hydrogen-bond donors (Lipinski definition) is 1. The summed E-state index contributed by atoms with van der Waals surface area (Å²) in [6, 6.07) is 22.5. The van der Waals surface area contributed by atoms with E-state index in [2.05, 4.69) is 46.6 Å². The standard InChI is InChI=1S/C23H24N2O/c26-23(20-12-10-18(11-13-20)17-25-14-3-4-15-25)24-16-21-8-5-7-19-6-1-2-9-22(19)21/h1-2,5-13H,3-4,14-17H2,(H,24,26). The molecular formula is C23H24N2O. The molecule has 3 aromatic carbocycles. The lowest BCUT2D eigenvalue weighted by Gasteiger charge is -2.14. The first-order valence-electron chi connectivity index (χ1n) is 9.36. The van der Waals surface area contributed by atoms with Gasteiger partial charge in [-0.25, -0.2) is 0 Å². The zero-order valence-corrected chi connectivity index (χ0v) is 14.9. The summed E-state index contributed by atoms with van der Waals surface area (Å²) in [5.74, 6) is -0.0225. The molecule has 1 amide bonds. The number of carbonyl (C=O) groups is 1. The van der Waals surface area contributed by atoms with Crippen LogP contribution >= 0.6 is 0 Å². The first kappa shape index (κ1) is 16.8. The Morgan fingerprint density at radius 1 is 0.885 bits per heavy atom. The lowest BCUT2D eigenvalue weighted by molar-refractivity contribution is 0.0951. The van der Waals surface area contributed by atoms with Crippen LogP contribution in [0.15, 0.2) is 66.7 Å². The maximum absolute atomic E-state index is 12.5. The SMILES string of the molecule is O=C(NCc1cccc2ccccc12)c1ccc(CN2CCCC2)cc1. The molecule has 0 aromatic heterocycles. The Morgan fingerprint density at radius 2 is 1.62 bits per heavy atom. The minimum atomic E-state index is -0.0225. The molecule has 0 atom stereocenters. The van der Waals surface area contributed by atoms with E-state index in [1.165, 1.54) is 42.3 Å². The smallest absolute Gasteiger partial charge is 0.251 e. The molecule has 26 heavy (non-hydrogen) atoms. The molecule has 1 aliphatic heterocycles. The van der Waals surface area contributed by atoms with Crippen molar-refractivity contribution in [3.05, 3.63) is 83.4 Å². The molecule has 1 aliphatic rings. The molecule has 0 aliphatic carbocycles. The maximum atomic E-state index is 12.5. The minimum Gasteiger partial charge on any atom is -0.348 e. The molecule has 0 radical (unpaired) electrons. The van der Waals surface area contributed by atoms with Gasteiger partial charge in [-0.3, -0.25) is 9.69 Å². The highest BCUT2D eigenvalue weighted by molar-refractivity contribution is 5.94. The molecule has 1 saturated heterocycles. The monoisotopic (exact) mass is 344 g/mol. The highest BCUT2D eigenvalue weighted by Gasteiger charge is 2.12. The van der Waals surface area contributed by atoms with Crippen LogP contribution in [-0.4, -0.2) is 23.9 Å². The van der Waals surface area contributed by atoms with Gasteiger partial charge in [-0.05, 0) is 60.0 Å². The Morgan fingerprint density at radius 3 is 2.42 bits per heavy atom. The quantitative estimate of drug-likeness (QED) is 0.745. The summed E-state index contributed by atoms with van der Waals surface area (Å²) in [6.07, 6.45) is 2.60. The van der Waals surface area contributed by atoms with Gasteiger partial charge in [0.05, 0.1) is 0 Å². The van der Waals surface area contributed by atoms with Gasteiger partial charge in [0.15, 0.2) is 0 Å². The zero-order valence-electron chi connectivity index (χ0n) is 14.9. The molecule has 0 bridgehead atoms. The normalized spacial score (nSPS) is 14.6. The van der Waals surface area contributed by atoms with Crippen LogP contribution in [0.2, 0.25) is 0 Å². The van der Waals surface area contributed by atoms with Crippen LogP contribution in [0, 0.1) is 0 Å². The molecule has 3 heteroatoms. The minimum absolute atomic E-state index is 0.0225. The van der Waals surface area contributed by atoms with Gasteiger partial charge < -0.3 is 5.32 Å². The number of likely N-dealkylation sites (tertiary alicyclic amines) is 1. The molecule has 0 spiro atoms. The predicted molar refractivity (Wildman–Crippen MR) is 106 cm³/mol. The van der Waals surface area contributed by atoms with Crippen LogP contribution in [0.3, 0.4) is 0 Å². The predicted octanol–water partition coefficient (Wildman–Crippen LogP) is 4.37. The van der Waals surface area contributed by atoms with Crippen LogP contribution in [-0.2, 0) is 13.1 Å². The largest absolute Gasteiger partial charge is 0.348 e. The summed E-state index contributed by atoms with van der Waals surface area (Å²) in [5.41, 5.74) is 3.13. The second-order valence-electron chi connectivity index (χ2n) is 7.00. The van der Waals surface area contributed by atoms with Gasteiger partial charge in [0.1, 0.15) is 0 Å². The zero-order chi connectivity index (χ0) is 17.8. The van der Waals surface area contributed by atoms with Gasteiger partial charge in [0.2, 0.25) is 0 Å². The van der Waals surface area contributed by atoms with E-state index in [9.17, 15) is 4.79 Å². The van der Waals surface area contributed by atoms with Crippen molar-refractivity contribution >= 4 is 16.7 Å². The van der Waals surface area contributed by atoms with Crippen LogP contribution in [0.5, 0.6) is 0 Å². The highest BCUT2D eigenvalue weighted by atomic mass is 16.1. The van der Waals surface area contributed by atoms with Crippen LogP contribution in [0.25, 0.3) is 10.8 Å². The third-order valence-electron chi connectivity index (χ3n) is 5.14. The Kier molecular flexibility index (Phi) is 4.98. The second kappa shape index (κ2) is 7.71. The van der Waals surface area contributed by atoms with E-state index in [1.54, 1.807) is 0 Å². The average molecular weight is 344 g/mol. The van der Waals surface area contributed by atoms with E-state index in [0.717, 1.165) is 17.7 Å². The number of carbonyl (C=O) groups excluding carboxylic acids is 1. The summed E-state index contributed by atoms with van der Waals surface area (Å²) in [4.78, 5) is 15.0. The van der Waals surface area contributed by atoms with Gasteiger partial charge in [-0.15, -0.1) is 0 Å². The van der Waals surface area contributed by atoms with Crippen molar-refractivity contribution in [3.8, 4) is 0 Å². The third kappa shape index (κ3) is 3.78. The number of nitrogens with one attached hydrogen (secondary N) is 1. The van der Waals surface area contributed by atoms with Crippen molar-refractivity contribution in [1.82, 2.24) is 10.2 Å². The van der Waals surface area contributed by atoms with Crippen molar-refractivity contribution in [2.24, 2.45) is 0 Å². The summed E-state index contributed by atoms with van der Waals surface area (Å²) < 4.78 is 0. The fourth-order valence-corrected chi connectivity index (χ4v) is 3.68. The molecule has 1 fully saturated rings. The summed E-state index contributed by atoms with van der Waals surface area (Å²) in [5, 5.41) is 5.44. The van der Waals surface area contributed by atoms with Gasteiger partial charge in [0.25, 0.3) is 5.91 Å². The number of hydrogen-bond acceptors (Lipinski definition) is 2. The number of rotatable bonds is 5. The molecule has 1 N–H and O–H groups in total. The van der Waals surface area contributed by atoms with E-state index >= 15 is 0 Å². The Hall–Kier alpha value is -2.65. The van der Waals surface area contributed by atoms with Crippen LogP contribution in [0.4, 0.5) is 0 Å². The molecule has 3 aromatic rings. The molecule has 1 heterocycles. The van der Waals surface area contributed by atoms with Crippen molar-refractivity contribution in [3.63, 3.8) is 0 Å². The van der Waals surface area contributed by atoms with Gasteiger partial charge >= 0.3 is 0 Å². The Labute approximate surface area is 154 Å². The third-order valence-corrected chi connectivity index (χ3v) is 5.14. The number of amides is 1. The van der Waals surface area contributed by atoms with Crippen LogP contribution in [0.1, 0.15) is 34.3 Å². The van der Waals surface area contributed by atoms with E-state index in [1.807, 2.05) is 30.3 Å². The summed E-state index contributed by atoms with van der Waals surface area (Å²) >= 11 is 0. The van der Waals surface area contributed by atoms with E-state index in [4.69, 9.17) is 0 Å². The maximum Gasteiger partial charge on any atom is 0.251 e. The first-order valence-corrected chi connectivity index (χ1v) is 9.36. The van der Waals surface area contributed by atoms with Crippen molar-refractivity contribution in [1.29, 1.82) is 0 Å². The Bertz CT molecular complexity index is 890. The Balaban J connectivity index is 1.39. The summed E-state index contributed by atoms with van der Waals surface area (Å²) in [7, 11) is 0. The molecule has 0 saturated carbocycles. The summed E-state index contributed by atoms with van der Waals surface area (Å²) in [6.45, 7) is 3.90. The lowest BCUT2D eigenvalue weighted by Crippen LogP contribution is -2.23. The van der Waals surface area contributed by atoms with E-state index < -0.39 is 0 Å². The molecule has 3 nitrogen and oxygen atoms in total. The van der Waals surface area contributed by atoms with Gasteiger partial charge in [-0.2, -0.15) is 0 Å². The fourth-order valence-electron chi connectivity index (χ4n) is 3.68. The van der Waals surface area contributed by atoms with Gasteiger partial charge in [-0.1, -0.05) is 54.6 Å². The molecular weight excluding hydrogens is 320 g/mol. The van der Waals surface area contributed by atoms with E-state index in [-0.39, 0.29) is 5.91 Å². The van der Waals surface area contributed by atoms with Crippen molar-refractivity contribution in [2.45, 2.75) is 25.9 Å². The topological polar surface area (TPSA) is 32.3 Å². The van der Waals surface area contributed by atoms with E-state index in [0.29, 0.717) is 6.54 Å². The fraction of sp³-hybridized carbons (Fsp3) is 0.261. The molecule has 132 valence electrons. The first-order chi connectivity index (χ1) is 12.8. The number of nitrogens with zero attached hydrogens (tertiary/aromatic N) is 1. The molecule has 4 rings (SSSR count). The number of benzene rings is 3. The van der Waals surface area contributed by atoms with Gasteiger partial charge in [0, 0.05) is 18.7 Å². The van der Waals surface area contributed by atoms with Crippen molar-refractivity contribution in [2.75, 3.05) is 13.1 Å². The average Bonchev–Trinajstić information content (AvgIpc) is 3.19. The number of fused-ring (bicyclic) bond motifs is 1. The highest BCUT2D eigenvalue weighted by Crippen LogP contribution is 2.18.